The van der Waals surface area contributed by atoms with Crippen molar-refractivity contribution in [1.82, 2.24) is 9.88 Å². The van der Waals surface area contributed by atoms with Gasteiger partial charge < -0.3 is 19.5 Å². The van der Waals surface area contributed by atoms with Crippen LogP contribution in [-0.4, -0.2) is 46.9 Å². The van der Waals surface area contributed by atoms with Crippen LogP contribution in [-0.2, 0) is 0 Å². The Balaban J connectivity index is 1.48. The summed E-state index contributed by atoms with van der Waals surface area (Å²) in [5.74, 6) is 1.33. The number of rotatable bonds is 2. The van der Waals surface area contributed by atoms with Crippen LogP contribution < -0.4 is 9.47 Å². The van der Waals surface area contributed by atoms with Gasteiger partial charge in [0.05, 0.1) is 11.6 Å². The Kier molecular flexibility index (Phi) is 3.66. The summed E-state index contributed by atoms with van der Waals surface area (Å²) in [5, 5.41) is 12.2. The number of hydrogen-bond donors (Lipinski definition) is 1. The number of thiazole rings is 1. The molecular weight excluding hydrogens is 316 g/mol. The SMILES string of the molecule is O=C(c1cscn1)N1CC[C@@H](c2ccc3c(c2)OCO3)[C@H](O)C1. The van der Waals surface area contributed by atoms with Crippen LogP contribution >= 0.6 is 11.3 Å². The molecule has 1 N–H and O–H groups in total. The number of aliphatic hydroxyl groups is 1. The molecule has 0 radical (unpaired) electrons. The molecule has 4 rings (SSSR count). The number of likely N-dealkylation sites (tertiary alicyclic amines) is 1. The first-order chi connectivity index (χ1) is 11.2. The summed E-state index contributed by atoms with van der Waals surface area (Å²) >= 11 is 1.39. The van der Waals surface area contributed by atoms with E-state index in [0.29, 0.717) is 25.2 Å². The fourth-order valence-corrected chi connectivity index (χ4v) is 3.65. The first-order valence-corrected chi connectivity index (χ1v) is 8.42. The molecule has 0 aliphatic carbocycles. The number of nitrogens with zero attached hydrogens (tertiary/aromatic N) is 2. The Labute approximate surface area is 137 Å². The molecule has 1 aromatic carbocycles. The highest BCUT2D eigenvalue weighted by Gasteiger charge is 2.32. The number of hydrogen-bond acceptors (Lipinski definition) is 6. The minimum Gasteiger partial charge on any atom is -0.454 e. The Morgan fingerprint density at radius 2 is 2.22 bits per heavy atom. The summed E-state index contributed by atoms with van der Waals surface area (Å²) in [7, 11) is 0. The van der Waals surface area contributed by atoms with Crippen molar-refractivity contribution in [3.63, 3.8) is 0 Å². The summed E-state index contributed by atoms with van der Waals surface area (Å²) in [5.41, 5.74) is 3.11. The van der Waals surface area contributed by atoms with E-state index in [1.165, 1.54) is 11.3 Å². The number of piperidine rings is 1. The van der Waals surface area contributed by atoms with E-state index >= 15 is 0 Å². The maximum absolute atomic E-state index is 12.3. The molecule has 1 fully saturated rings. The first kappa shape index (κ1) is 14.5. The summed E-state index contributed by atoms with van der Waals surface area (Å²) in [4.78, 5) is 18.0. The van der Waals surface area contributed by atoms with Crippen molar-refractivity contribution in [3.05, 3.63) is 40.3 Å². The fraction of sp³-hybridized carbons (Fsp3) is 0.375. The highest BCUT2D eigenvalue weighted by Crippen LogP contribution is 2.37. The Morgan fingerprint density at radius 3 is 3.00 bits per heavy atom. The van der Waals surface area contributed by atoms with Gasteiger partial charge in [0.1, 0.15) is 5.69 Å². The minimum atomic E-state index is -0.605. The molecule has 7 heteroatoms. The van der Waals surface area contributed by atoms with Gasteiger partial charge in [-0.2, -0.15) is 0 Å². The van der Waals surface area contributed by atoms with Gasteiger partial charge in [0.2, 0.25) is 6.79 Å². The lowest BCUT2D eigenvalue weighted by Crippen LogP contribution is -2.45. The molecule has 23 heavy (non-hydrogen) atoms. The molecule has 1 saturated heterocycles. The van der Waals surface area contributed by atoms with Crippen LogP contribution in [0.3, 0.4) is 0 Å². The average molecular weight is 332 g/mol. The van der Waals surface area contributed by atoms with Gasteiger partial charge in [0.15, 0.2) is 11.5 Å². The fourth-order valence-electron chi connectivity index (χ4n) is 3.13. The third-order valence-electron chi connectivity index (χ3n) is 4.35. The van der Waals surface area contributed by atoms with E-state index in [-0.39, 0.29) is 18.6 Å². The zero-order valence-electron chi connectivity index (χ0n) is 12.3. The molecule has 0 saturated carbocycles. The van der Waals surface area contributed by atoms with Crippen LogP contribution in [0, 0.1) is 0 Å². The molecule has 0 spiro atoms. The number of aromatic nitrogens is 1. The topological polar surface area (TPSA) is 71.9 Å². The van der Waals surface area contributed by atoms with Gasteiger partial charge in [0, 0.05) is 24.4 Å². The van der Waals surface area contributed by atoms with Crippen molar-refractivity contribution < 1.29 is 19.4 Å². The van der Waals surface area contributed by atoms with Gasteiger partial charge in [0.25, 0.3) is 5.91 Å². The zero-order valence-corrected chi connectivity index (χ0v) is 13.2. The lowest BCUT2D eigenvalue weighted by Gasteiger charge is -2.36. The molecule has 6 nitrogen and oxygen atoms in total. The predicted molar refractivity (Wildman–Crippen MR) is 83.9 cm³/mol. The van der Waals surface area contributed by atoms with E-state index in [0.717, 1.165) is 17.1 Å². The predicted octanol–water partition coefficient (Wildman–Crippen LogP) is 1.86. The van der Waals surface area contributed by atoms with E-state index in [9.17, 15) is 9.90 Å². The summed E-state index contributed by atoms with van der Waals surface area (Å²) in [6.07, 6.45) is 0.100. The number of aliphatic hydroxyl groups excluding tert-OH is 1. The molecule has 2 atom stereocenters. The van der Waals surface area contributed by atoms with E-state index in [2.05, 4.69) is 4.98 Å². The number of benzene rings is 1. The van der Waals surface area contributed by atoms with Gasteiger partial charge in [-0.1, -0.05) is 6.07 Å². The van der Waals surface area contributed by atoms with Gasteiger partial charge in [-0.05, 0) is 24.1 Å². The molecule has 0 unspecified atom stereocenters. The Morgan fingerprint density at radius 1 is 1.35 bits per heavy atom. The lowest BCUT2D eigenvalue weighted by molar-refractivity contribution is 0.0378. The summed E-state index contributed by atoms with van der Waals surface area (Å²) < 4.78 is 10.7. The first-order valence-electron chi connectivity index (χ1n) is 7.47. The molecule has 0 bridgehead atoms. The molecular formula is C16H16N2O4S. The minimum absolute atomic E-state index is 0.0102. The van der Waals surface area contributed by atoms with Crippen molar-refractivity contribution in [3.8, 4) is 11.5 Å². The third-order valence-corrected chi connectivity index (χ3v) is 4.93. The zero-order chi connectivity index (χ0) is 15.8. The number of carbonyl (C=O) groups excluding carboxylic acids is 1. The van der Waals surface area contributed by atoms with Crippen LogP contribution in [0.25, 0.3) is 0 Å². The quantitative estimate of drug-likeness (QED) is 0.909. The van der Waals surface area contributed by atoms with Gasteiger partial charge >= 0.3 is 0 Å². The van der Waals surface area contributed by atoms with E-state index in [1.54, 1.807) is 15.8 Å². The number of amides is 1. The highest BCUT2D eigenvalue weighted by atomic mass is 32.1. The van der Waals surface area contributed by atoms with Gasteiger partial charge in [-0.15, -0.1) is 11.3 Å². The second-order valence-corrected chi connectivity index (χ2v) is 6.42. The highest BCUT2D eigenvalue weighted by molar-refractivity contribution is 7.07. The average Bonchev–Trinajstić information content (AvgIpc) is 3.24. The lowest BCUT2D eigenvalue weighted by atomic mass is 9.87. The molecule has 3 heterocycles. The number of ether oxygens (including phenoxy) is 2. The van der Waals surface area contributed by atoms with Crippen LogP contribution in [0.15, 0.2) is 29.1 Å². The van der Waals surface area contributed by atoms with Crippen molar-refractivity contribution in [2.75, 3.05) is 19.9 Å². The number of carbonyl (C=O) groups is 1. The van der Waals surface area contributed by atoms with E-state index in [1.807, 2.05) is 18.2 Å². The maximum atomic E-state index is 12.3. The standard InChI is InChI=1S/C16H16N2O4S/c19-13-6-18(16(20)12-7-23-8-17-12)4-3-11(13)10-1-2-14-15(5-10)22-9-21-14/h1-2,5,7-8,11,13,19H,3-4,6,9H2/t11-,13+/m0/s1. The van der Waals surface area contributed by atoms with Gasteiger partial charge in [-0.3, -0.25) is 4.79 Å². The van der Waals surface area contributed by atoms with Crippen LogP contribution in [0.4, 0.5) is 0 Å². The van der Waals surface area contributed by atoms with E-state index in [4.69, 9.17) is 9.47 Å². The van der Waals surface area contributed by atoms with Crippen molar-refractivity contribution in [1.29, 1.82) is 0 Å². The number of fused-ring (bicyclic) bond motifs is 1. The van der Waals surface area contributed by atoms with Crippen LogP contribution in [0.5, 0.6) is 11.5 Å². The number of β-amino-alcohol motifs (C(OH)–C–C–N with tert-alkyl or cyclic N) is 1. The molecule has 2 aromatic rings. The van der Waals surface area contributed by atoms with Gasteiger partial charge in [-0.25, -0.2) is 4.98 Å². The van der Waals surface area contributed by atoms with Crippen molar-refractivity contribution >= 4 is 17.2 Å². The van der Waals surface area contributed by atoms with E-state index < -0.39 is 6.10 Å². The molecule has 1 amide bonds. The van der Waals surface area contributed by atoms with Crippen LogP contribution in [0.1, 0.15) is 28.4 Å². The van der Waals surface area contributed by atoms with Crippen molar-refractivity contribution in [2.24, 2.45) is 0 Å². The Bertz CT molecular complexity index is 719. The summed E-state index contributed by atoms with van der Waals surface area (Å²) in [6.45, 7) is 1.16. The molecule has 120 valence electrons. The third kappa shape index (κ3) is 2.66. The smallest absolute Gasteiger partial charge is 0.273 e. The van der Waals surface area contributed by atoms with Crippen molar-refractivity contribution in [2.45, 2.75) is 18.4 Å². The largest absolute Gasteiger partial charge is 0.454 e. The second-order valence-electron chi connectivity index (χ2n) is 5.70. The maximum Gasteiger partial charge on any atom is 0.273 e. The molecule has 2 aliphatic rings. The summed E-state index contributed by atoms with van der Waals surface area (Å²) in [6, 6.07) is 5.75. The monoisotopic (exact) mass is 332 g/mol. The molecule has 1 aromatic heterocycles. The second kappa shape index (κ2) is 5.82. The normalized spacial score (nSPS) is 23.1. The Hall–Kier alpha value is -2.12. The van der Waals surface area contributed by atoms with Crippen LogP contribution in [0.2, 0.25) is 0 Å². The molecule has 2 aliphatic heterocycles.